The summed E-state index contributed by atoms with van der Waals surface area (Å²) in [6.07, 6.45) is 0. The Morgan fingerprint density at radius 2 is 1.89 bits per heavy atom. The molecule has 0 saturated carbocycles. The number of benzene rings is 1. The first kappa shape index (κ1) is 11.2. The number of rotatable bonds is 1. The molecule has 3 nitrogen and oxygen atoms in total. The van der Waals surface area contributed by atoms with Crippen LogP contribution in [0, 0.1) is 13.8 Å². The summed E-state index contributed by atoms with van der Waals surface area (Å²) in [7, 11) is 0. The number of nitrogens with zero attached hydrogens (tertiary/aromatic N) is 2. The number of para-hydroxylation sites is 1. The molecule has 0 unspecified atom stereocenters. The number of aromatic nitrogens is 2. The van der Waals surface area contributed by atoms with E-state index in [4.69, 9.17) is 5.73 Å². The van der Waals surface area contributed by atoms with Crippen LogP contribution in [0.25, 0.3) is 21.6 Å². The fourth-order valence-electron chi connectivity index (χ4n) is 1.89. The van der Waals surface area contributed by atoms with Crippen molar-refractivity contribution < 1.29 is 0 Å². The van der Waals surface area contributed by atoms with Crippen molar-refractivity contribution in [2.24, 2.45) is 0 Å². The molecule has 4 heteroatoms. The number of hydrogen-bond acceptors (Lipinski definition) is 4. The molecule has 0 aliphatic heterocycles. The molecule has 0 radical (unpaired) electrons. The van der Waals surface area contributed by atoms with Gasteiger partial charge in [-0.05, 0) is 37.6 Å². The third-order valence-corrected chi connectivity index (χ3v) is 4.17. The third-order valence-electron chi connectivity index (χ3n) is 3.02. The average molecular weight is 255 g/mol. The van der Waals surface area contributed by atoms with E-state index in [1.807, 2.05) is 24.3 Å². The zero-order chi connectivity index (χ0) is 12.7. The minimum absolute atomic E-state index is 0.541. The van der Waals surface area contributed by atoms with Crippen LogP contribution in [0.3, 0.4) is 0 Å². The van der Waals surface area contributed by atoms with Crippen LogP contribution < -0.4 is 5.73 Å². The molecule has 1 aromatic carbocycles. The van der Waals surface area contributed by atoms with Gasteiger partial charge in [0, 0.05) is 10.3 Å². The molecule has 0 bridgehead atoms. The number of anilines is 1. The average Bonchev–Trinajstić information content (AvgIpc) is 2.70. The Balaban J connectivity index is 2.24. The first-order valence-corrected chi connectivity index (χ1v) is 6.56. The SMILES string of the molecule is Cc1cc(-c2nc(N)c3ccccc3n2)sc1C. The molecule has 2 aromatic heterocycles. The summed E-state index contributed by atoms with van der Waals surface area (Å²) >= 11 is 1.70. The largest absolute Gasteiger partial charge is 0.383 e. The van der Waals surface area contributed by atoms with Gasteiger partial charge in [0.2, 0.25) is 0 Å². The topological polar surface area (TPSA) is 51.8 Å². The van der Waals surface area contributed by atoms with Crippen molar-refractivity contribution in [2.45, 2.75) is 13.8 Å². The maximum atomic E-state index is 5.99. The van der Waals surface area contributed by atoms with Gasteiger partial charge in [-0.25, -0.2) is 9.97 Å². The van der Waals surface area contributed by atoms with Gasteiger partial charge in [0.25, 0.3) is 0 Å². The van der Waals surface area contributed by atoms with E-state index in [1.54, 1.807) is 11.3 Å². The van der Waals surface area contributed by atoms with Crippen LogP contribution >= 0.6 is 11.3 Å². The summed E-state index contributed by atoms with van der Waals surface area (Å²) in [6.45, 7) is 4.20. The minimum Gasteiger partial charge on any atom is -0.383 e. The van der Waals surface area contributed by atoms with Crippen LogP contribution in [0.5, 0.6) is 0 Å². The molecular weight excluding hydrogens is 242 g/mol. The van der Waals surface area contributed by atoms with Crippen molar-refractivity contribution in [3.05, 3.63) is 40.8 Å². The molecule has 3 aromatic rings. The highest BCUT2D eigenvalue weighted by Gasteiger charge is 2.10. The number of thiophene rings is 1. The highest BCUT2D eigenvalue weighted by molar-refractivity contribution is 7.15. The van der Waals surface area contributed by atoms with Crippen molar-refractivity contribution in [3.63, 3.8) is 0 Å². The van der Waals surface area contributed by atoms with E-state index in [0.717, 1.165) is 15.8 Å². The summed E-state index contributed by atoms with van der Waals surface area (Å²) in [5, 5.41) is 0.909. The number of hydrogen-bond donors (Lipinski definition) is 1. The summed E-state index contributed by atoms with van der Waals surface area (Å²) in [5.41, 5.74) is 8.15. The molecule has 0 aliphatic rings. The smallest absolute Gasteiger partial charge is 0.172 e. The van der Waals surface area contributed by atoms with Gasteiger partial charge in [-0.3, -0.25) is 0 Å². The van der Waals surface area contributed by atoms with Crippen LogP contribution in [-0.2, 0) is 0 Å². The maximum absolute atomic E-state index is 5.99. The molecule has 2 N–H and O–H groups in total. The van der Waals surface area contributed by atoms with Gasteiger partial charge in [0.15, 0.2) is 5.82 Å². The lowest BCUT2D eigenvalue weighted by Crippen LogP contribution is -1.96. The maximum Gasteiger partial charge on any atom is 0.172 e. The molecule has 0 amide bonds. The second-order valence-electron chi connectivity index (χ2n) is 4.30. The fourth-order valence-corrected chi connectivity index (χ4v) is 2.86. The van der Waals surface area contributed by atoms with Gasteiger partial charge in [0.05, 0.1) is 10.4 Å². The molecule has 0 spiro atoms. The normalized spacial score (nSPS) is 11.0. The predicted octanol–water partition coefficient (Wildman–Crippen LogP) is 3.56. The van der Waals surface area contributed by atoms with E-state index < -0.39 is 0 Å². The number of nitrogen functional groups attached to an aromatic ring is 1. The van der Waals surface area contributed by atoms with Gasteiger partial charge in [-0.2, -0.15) is 0 Å². The lowest BCUT2D eigenvalue weighted by molar-refractivity contribution is 1.24. The van der Waals surface area contributed by atoms with Gasteiger partial charge in [0.1, 0.15) is 5.82 Å². The zero-order valence-corrected chi connectivity index (χ0v) is 11.1. The molecule has 0 fully saturated rings. The Labute approximate surface area is 109 Å². The fraction of sp³-hybridized carbons (Fsp3) is 0.143. The number of nitrogens with two attached hydrogens (primary N) is 1. The quantitative estimate of drug-likeness (QED) is 0.723. The van der Waals surface area contributed by atoms with E-state index >= 15 is 0 Å². The molecule has 0 atom stereocenters. The second kappa shape index (κ2) is 4.07. The Hall–Kier alpha value is -1.94. The molecule has 3 rings (SSSR count). The van der Waals surface area contributed by atoms with Crippen LogP contribution in [-0.4, -0.2) is 9.97 Å². The molecule has 0 aliphatic carbocycles. The molecule has 0 saturated heterocycles. The highest BCUT2D eigenvalue weighted by Crippen LogP contribution is 2.30. The Kier molecular flexibility index (Phi) is 2.52. The number of aryl methyl sites for hydroxylation is 2. The standard InChI is InChI=1S/C14H13N3S/c1-8-7-12(18-9(8)2)14-16-11-6-4-3-5-10(11)13(15)17-14/h3-7H,1-2H3,(H2,15,16,17). The molecule has 90 valence electrons. The van der Waals surface area contributed by atoms with E-state index in [9.17, 15) is 0 Å². The van der Waals surface area contributed by atoms with Crippen LogP contribution in [0.1, 0.15) is 10.4 Å². The van der Waals surface area contributed by atoms with Crippen molar-refractivity contribution in [3.8, 4) is 10.7 Å². The Morgan fingerprint density at radius 1 is 1.11 bits per heavy atom. The summed E-state index contributed by atoms with van der Waals surface area (Å²) in [6, 6.07) is 9.93. The molecule has 18 heavy (non-hydrogen) atoms. The number of fused-ring (bicyclic) bond motifs is 1. The van der Waals surface area contributed by atoms with E-state index in [2.05, 4.69) is 29.9 Å². The summed E-state index contributed by atoms with van der Waals surface area (Å²) in [5.74, 6) is 1.26. The van der Waals surface area contributed by atoms with Crippen molar-refractivity contribution in [2.75, 3.05) is 5.73 Å². The van der Waals surface area contributed by atoms with Crippen LogP contribution in [0.2, 0.25) is 0 Å². The lowest BCUT2D eigenvalue weighted by atomic mass is 10.2. The van der Waals surface area contributed by atoms with Crippen LogP contribution in [0.15, 0.2) is 30.3 Å². The Bertz CT molecular complexity index is 711. The van der Waals surface area contributed by atoms with Gasteiger partial charge >= 0.3 is 0 Å². The lowest BCUT2D eigenvalue weighted by Gasteiger charge is -2.03. The highest BCUT2D eigenvalue weighted by atomic mass is 32.1. The molecule has 2 heterocycles. The second-order valence-corrected chi connectivity index (χ2v) is 5.56. The van der Waals surface area contributed by atoms with Gasteiger partial charge in [-0.15, -0.1) is 11.3 Å². The van der Waals surface area contributed by atoms with Gasteiger partial charge < -0.3 is 5.73 Å². The first-order valence-electron chi connectivity index (χ1n) is 5.75. The summed E-state index contributed by atoms with van der Waals surface area (Å²) in [4.78, 5) is 11.3. The van der Waals surface area contributed by atoms with E-state index in [0.29, 0.717) is 11.6 Å². The minimum atomic E-state index is 0.541. The predicted molar refractivity (Wildman–Crippen MR) is 76.7 cm³/mol. The third kappa shape index (κ3) is 1.75. The Morgan fingerprint density at radius 3 is 2.61 bits per heavy atom. The van der Waals surface area contributed by atoms with Gasteiger partial charge in [-0.1, -0.05) is 12.1 Å². The summed E-state index contributed by atoms with van der Waals surface area (Å²) < 4.78 is 0. The first-order chi connectivity index (χ1) is 8.65. The zero-order valence-electron chi connectivity index (χ0n) is 10.3. The van der Waals surface area contributed by atoms with E-state index in [1.165, 1.54) is 10.4 Å². The van der Waals surface area contributed by atoms with Crippen molar-refractivity contribution in [1.29, 1.82) is 0 Å². The van der Waals surface area contributed by atoms with E-state index in [-0.39, 0.29) is 0 Å². The van der Waals surface area contributed by atoms with Crippen molar-refractivity contribution >= 4 is 28.1 Å². The van der Waals surface area contributed by atoms with Crippen LogP contribution in [0.4, 0.5) is 5.82 Å². The van der Waals surface area contributed by atoms with Crippen molar-refractivity contribution in [1.82, 2.24) is 9.97 Å². The molecular formula is C14H13N3S. The monoisotopic (exact) mass is 255 g/mol.